The van der Waals surface area contributed by atoms with Crippen molar-refractivity contribution in [2.24, 2.45) is 5.92 Å². The summed E-state index contributed by atoms with van der Waals surface area (Å²) in [7, 11) is 0. The third-order valence-electron chi connectivity index (χ3n) is 2.04. The molecule has 0 radical (unpaired) electrons. The molecule has 1 N–H and O–H groups in total. The molecule has 0 aromatic rings. The van der Waals surface area contributed by atoms with E-state index in [2.05, 4.69) is 5.32 Å². The Hall–Kier alpha value is -1.26. The molecule has 1 atom stereocenters. The zero-order chi connectivity index (χ0) is 14.3. The van der Waals surface area contributed by atoms with Crippen molar-refractivity contribution in [1.29, 1.82) is 0 Å². The van der Waals surface area contributed by atoms with Gasteiger partial charge in [0.15, 0.2) is 0 Å². The van der Waals surface area contributed by atoms with E-state index in [4.69, 9.17) is 9.47 Å². The molecule has 5 heteroatoms. The second kappa shape index (κ2) is 7.24. The van der Waals surface area contributed by atoms with Crippen LogP contribution in [0.2, 0.25) is 0 Å². The van der Waals surface area contributed by atoms with Crippen molar-refractivity contribution >= 4 is 12.1 Å². The fourth-order valence-corrected chi connectivity index (χ4v) is 1.23. The lowest BCUT2D eigenvalue weighted by molar-refractivity contribution is -0.158. The summed E-state index contributed by atoms with van der Waals surface area (Å²) in [6, 6.07) is -0.686. The van der Waals surface area contributed by atoms with E-state index < -0.39 is 23.7 Å². The summed E-state index contributed by atoms with van der Waals surface area (Å²) in [6.45, 7) is 11.3. The molecular formula is C13H25NO4. The summed E-state index contributed by atoms with van der Waals surface area (Å²) in [6.07, 6.45) is 0.160. The minimum absolute atomic E-state index is 0.0611. The second-order valence-electron chi connectivity index (χ2n) is 5.54. The smallest absolute Gasteiger partial charge is 0.407 e. The Bertz CT molecular complexity index is 281. The van der Waals surface area contributed by atoms with Crippen LogP contribution in [0.4, 0.5) is 4.79 Å². The maximum absolute atomic E-state index is 11.9. The predicted molar refractivity (Wildman–Crippen MR) is 69.2 cm³/mol. The van der Waals surface area contributed by atoms with E-state index in [1.54, 1.807) is 20.8 Å². The van der Waals surface area contributed by atoms with Gasteiger partial charge in [0.1, 0.15) is 11.6 Å². The van der Waals surface area contributed by atoms with Gasteiger partial charge in [0.2, 0.25) is 0 Å². The van der Waals surface area contributed by atoms with Crippen LogP contribution in [0.5, 0.6) is 0 Å². The molecule has 0 spiro atoms. The number of hydrogen-bond acceptors (Lipinski definition) is 4. The Morgan fingerprint density at radius 1 is 1.22 bits per heavy atom. The summed E-state index contributed by atoms with van der Waals surface area (Å²) in [5.74, 6) is -0.500. The number of esters is 1. The lowest BCUT2D eigenvalue weighted by Crippen LogP contribution is -2.47. The predicted octanol–water partition coefficient (Wildman–Crippen LogP) is 2.49. The molecule has 0 saturated carbocycles. The minimum atomic E-state index is -0.686. The molecule has 0 aliphatic rings. The normalized spacial score (nSPS) is 13.1. The van der Waals surface area contributed by atoms with Crippen molar-refractivity contribution in [2.75, 3.05) is 6.61 Å². The van der Waals surface area contributed by atoms with Gasteiger partial charge < -0.3 is 14.8 Å². The molecule has 0 aliphatic heterocycles. The first-order chi connectivity index (χ1) is 8.17. The summed E-state index contributed by atoms with van der Waals surface area (Å²) >= 11 is 0. The van der Waals surface area contributed by atoms with Gasteiger partial charge in [0.05, 0.1) is 6.61 Å². The Kier molecular flexibility index (Phi) is 6.73. The average molecular weight is 259 g/mol. The molecule has 0 fully saturated rings. The third kappa shape index (κ3) is 7.14. The van der Waals surface area contributed by atoms with Crippen LogP contribution in [0.1, 0.15) is 48.0 Å². The van der Waals surface area contributed by atoms with Gasteiger partial charge in [-0.2, -0.15) is 0 Å². The van der Waals surface area contributed by atoms with Crippen LogP contribution < -0.4 is 5.32 Å². The van der Waals surface area contributed by atoms with Gasteiger partial charge in [0, 0.05) is 0 Å². The Morgan fingerprint density at radius 3 is 2.17 bits per heavy atom. The zero-order valence-electron chi connectivity index (χ0n) is 12.2. The van der Waals surface area contributed by atoms with Gasteiger partial charge in [-0.15, -0.1) is 0 Å². The van der Waals surface area contributed by atoms with E-state index in [0.29, 0.717) is 6.61 Å². The summed E-state index contributed by atoms with van der Waals surface area (Å²) < 4.78 is 10.2. The number of carbonyl (C=O) groups excluding carboxylic acids is 2. The van der Waals surface area contributed by atoms with Crippen LogP contribution in [0.25, 0.3) is 0 Å². The first-order valence-corrected chi connectivity index (χ1v) is 6.33. The molecular weight excluding hydrogens is 234 g/mol. The van der Waals surface area contributed by atoms with Crippen LogP contribution in [0.3, 0.4) is 0 Å². The van der Waals surface area contributed by atoms with Gasteiger partial charge >= 0.3 is 12.1 Å². The van der Waals surface area contributed by atoms with Crippen molar-refractivity contribution in [3.63, 3.8) is 0 Å². The lowest BCUT2D eigenvalue weighted by atomic mass is 10.0. The van der Waals surface area contributed by atoms with Crippen LogP contribution in [0, 0.1) is 5.92 Å². The van der Waals surface area contributed by atoms with Crippen LogP contribution >= 0.6 is 0 Å². The Balaban J connectivity index is 4.48. The van der Waals surface area contributed by atoms with Gasteiger partial charge in [-0.25, -0.2) is 9.59 Å². The number of rotatable bonds is 5. The topological polar surface area (TPSA) is 64.6 Å². The molecule has 18 heavy (non-hydrogen) atoms. The molecule has 0 aliphatic carbocycles. The molecule has 106 valence electrons. The summed E-state index contributed by atoms with van der Waals surface area (Å²) in [4.78, 5) is 23.4. The molecule has 0 heterocycles. The number of carbonyl (C=O) groups is 2. The van der Waals surface area contributed by atoms with Crippen molar-refractivity contribution < 1.29 is 19.1 Å². The molecule has 0 aromatic carbocycles. The highest BCUT2D eigenvalue weighted by molar-refractivity contribution is 5.81. The quantitative estimate of drug-likeness (QED) is 0.770. The summed E-state index contributed by atoms with van der Waals surface area (Å²) in [5, 5.41) is 2.54. The van der Waals surface area contributed by atoms with E-state index >= 15 is 0 Å². The van der Waals surface area contributed by atoms with Crippen molar-refractivity contribution in [1.82, 2.24) is 5.32 Å². The number of amides is 1. The van der Waals surface area contributed by atoms with E-state index in [1.807, 2.05) is 20.8 Å². The second-order valence-corrected chi connectivity index (χ2v) is 5.54. The first kappa shape index (κ1) is 16.7. The summed E-state index contributed by atoms with van der Waals surface area (Å²) in [5.41, 5.74) is -0.570. The standard InChI is InChI=1S/C13H25NO4/c1-7-8-17-12(16)14-10(9(2)3)11(15)18-13(4,5)6/h9-10H,7-8H2,1-6H3,(H,14,16). The van der Waals surface area contributed by atoms with Gasteiger partial charge in [-0.3, -0.25) is 0 Å². The highest BCUT2D eigenvalue weighted by Gasteiger charge is 2.29. The number of nitrogens with one attached hydrogen (secondary N) is 1. The zero-order valence-corrected chi connectivity index (χ0v) is 12.2. The van der Waals surface area contributed by atoms with Gasteiger partial charge in [0.25, 0.3) is 0 Å². The minimum Gasteiger partial charge on any atom is -0.458 e. The number of ether oxygens (including phenoxy) is 2. The highest BCUT2D eigenvalue weighted by atomic mass is 16.6. The van der Waals surface area contributed by atoms with Gasteiger partial charge in [-0.1, -0.05) is 20.8 Å². The SMILES string of the molecule is CCCOC(=O)NC(C(=O)OC(C)(C)C)C(C)C. The molecule has 5 nitrogen and oxygen atoms in total. The van der Waals surface area contributed by atoms with Crippen molar-refractivity contribution in [3.05, 3.63) is 0 Å². The molecule has 0 rings (SSSR count). The Morgan fingerprint density at radius 2 is 1.78 bits per heavy atom. The first-order valence-electron chi connectivity index (χ1n) is 6.33. The fourth-order valence-electron chi connectivity index (χ4n) is 1.23. The van der Waals surface area contributed by atoms with Crippen LogP contribution in [-0.2, 0) is 14.3 Å². The maximum Gasteiger partial charge on any atom is 0.407 e. The molecule has 0 saturated heterocycles. The fraction of sp³-hybridized carbons (Fsp3) is 0.846. The largest absolute Gasteiger partial charge is 0.458 e. The third-order valence-corrected chi connectivity index (χ3v) is 2.04. The molecule has 0 aromatic heterocycles. The highest BCUT2D eigenvalue weighted by Crippen LogP contribution is 2.12. The molecule has 1 unspecified atom stereocenters. The maximum atomic E-state index is 11.9. The average Bonchev–Trinajstić information content (AvgIpc) is 2.19. The van der Waals surface area contributed by atoms with Crippen molar-refractivity contribution in [2.45, 2.75) is 59.6 Å². The lowest BCUT2D eigenvalue weighted by Gasteiger charge is -2.26. The number of alkyl carbamates (subject to hydrolysis) is 1. The van der Waals surface area contributed by atoms with Crippen LogP contribution in [-0.4, -0.2) is 30.3 Å². The van der Waals surface area contributed by atoms with E-state index in [1.165, 1.54) is 0 Å². The van der Waals surface area contributed by atoms with Crippen molar-refractivity contribution in [3.8, 4) is 0 Å². The van der Waals surface area contributed by atoms with E-state index in [9.17, 15) is 9.59 Å². The monoisotopic (exact) mass is 259 g/mol. The van der Waals surface area contributed by atoms with E-state index in [0.717, 1.165) is 6.42 Å². The van der Waals surface area contributed by atoms with Gasteiger partial charge in [-0.05, 0) is 33.1 Å². The number of hydrogen-bond donors (Lipinski definition) is 1. The van der Waals surface area contributed by atoms with E-state index in [-0.39, 0.29) is 5.92 Å². The molecule has 0 bridgehead atoms. The van der Waals surface area contributed by atoms with Crippen LogP contribution in [0.15, 0.2) is 0 Å². The molecule has 1 amide bonds. The Labute approximate surface area is 109 Å².